The van der Waals surface area contributed by atoms with Crippen LogP contribution in [0.1, 0.15) is 23.6 Å². The van der Waals surface area contributed by atoms with Gasteiger partial charge in [0.1, 0.15) is 0 Å². The first-order valence-corrected chi connectivity index (χ1v) is 9.11. The molecule has 138 valence electrons. The van der Waals surface area contributed by atoms with Crippen LogP contribution in [-0.2, 0) is 11.2 Å². The van der Waals surface area contributed by atoms with Crippen molar-refractivity contribution in [1.82, 2.24) is 9.96 Å². The minimum absolute atomic E-state index is 0.0969. The van der Waals surface area contributed by atoms with E-state index in [0.29, 0.717) is 24.5 Å². The van der Waals surface area contributed by atoms with Gasteiger partial charge in [-0.25, -0.2) is 5.06 Å². The third-order valence-electron chi connectivity index (χ3n) is 4.68. The van der Waals surface area contributed by atoms with E-state index in [1.165, 1.54) is 0 Å². The monoisotopic (exact) mass is 374 g/mol. The fraction of sp³-hybridized carbons (Fsp3) is 0.350. The topological polar surface area (TPSA) is 64.0 Å². The second-order valence-corrected chi connectivity index (χ2v) is 7.11. The molecule has 1 fully saturated rings. The summed E-state index contributed by atoms with van der Waals surface area (Å²) < 4.78 is 0. The van der Waals surface area contributed by atoms with E-state index in [0.717, 1.165) is 22.7 Å². The molecule has 1 saturated heterocycles. The normalized spacial score (nSPS) is 18.7. The first-order chi connectivity index (χ1) is 12.5. The number of halogens is 1. The maximum atomic E-state index is 12.6. The van der Waals surface area contributed by atoms with Crippen LogP contribution in [0.25, 0.3) is 0 Å². The number of carbonyl (C=O) groups excluding carboxylic acids is 1. The Morgan fingerprint density at radius 2 is 1.88 bits per heavy atom. The standard InChI is InChI=1S/C20H23ClN2O3/c21-17-8-6-15(7-9-17)12-20(25)23(26)19(16-4-2-1-3-5-16)14-22-11-10-18(24)13-22/h1-9,18-19,24,26H,10-14H2/t18?,19-/m1/s1. The van der Waals surface area contributed by atoms with Gasteiger partial charge >= 0.3 is 0 Å². The van der Waals surface area contributed by atoms with Crippen molar-refractivity contribution in [2.75, 3.05) is 19.6 Å². The molecule has 1 aliphatic heterocycles. The maximum Gasteiger partial charge on any atom is 0.250 e. The average Bonchev–Trinajstić information content (AvgIpc) is 3.07. The van der Waals surface area contributed by atoms with Gasteiger partial charge in [0.05, 0.1) is 18.6 Å². The van der Waals surface area contributed by atoms with E-state index in [9.17, 15) is 15.1 Å². The number of aliphatic hydroxyl groups excluding tert-OH is 1. The lowest BCUT2D eigenvalue weighted by Gasteiger charge is -2.30. The molecule has 2 atom stereocenters. The second kappa shape index (κ2) is 8.64. The fourth-order valence-electron chi connectivity index (χ4n) is 3.25. The Labute approximate surface area is 158 Å². The number of hydrogen-bond acceptors (Lipinski definition) is 4. The highest BCUT2D eigenvalue weighted by Gasteiger charge is 2.29. The Balaban J connectivity index is 1.74. The summed E-state index contributed by atoms with van der Waals surface area (Å²) in [5, 5.41) is 21.8. The number of aliphatic hydroxyl groups is 1. The summed E-state index contributed by atoms with van der Waals surface area (Å²) >= 11 is 5.88. The zero-order chi connectivity index (χ0) is 18.5. The summed E-state index contributed by atoms with van der Waals surface area (Å²) in [6.45, 7) is 1.79. The average molecular weight is 375 g/mol. The Bertz CT molecular complexity index is 724. The summed E-state index contributed by atoms with van der Waals surface area (Å²) in [6.07, 6.45) is 0.467. The first kappa shape index (κ1) is 18.9. The quantitative estimate of drug-likeness (QED) is 0.602. The number of rotatable bonds is 6. The predicted octanol–water partition coefficient (Wildman–Crippen LogP) is 2.91. The van der Waals surface area contributed by atoms with Crippen molar-refractivity contribution in [3.63, 3.8) is 0 Å². The highest BCUT2D eigenvalue weighted by Crippen LogP contribution is 2.24. The molecular formula is C20H23ClN2O3. The SMILES string of the molecule is O=C(Cc1ccc(Cl)cc1)N(O)[C@H](CN1CCC(O)C1)c1ccccc1. The van der Waals surface area contributed by atoms with Crippen molar-refractivity contribution in [2.45, 2.75) is 25.0 Å². The number of amides is 1. The zero-order valence-corrected chi connectivity index (χ0v) is 15.2. The molecule has 0 spiro atoms. The van der Waals surface area contributed by atoms with E-state index in [4.69, 9.17) is 11.6 Å². The van der Waals surface area contributed by atoms with E-state index in [2.05, 4.69) is 4.90 Å². The highest BCUT2D eigenvalue weighted by atomic mass is 35.5. The Hall–Kier alpha value is -1.92. The van der Waals surface area contributed by atoms with Crippen molar-refractivity contribution in [3.8, 4) is 0 Å². The lowest BCUT2D eigenvalue weighted by molar-refractivity contribution is -0.177. The first-order valence-electron chi connectivity index (χ1n) is 8.73. The number of benzene rings is 2. The molecule has 2 aromatic carbocycles. The molecule has 6 heteroatoms. The minimum Gasteiger partial charge on any atom is -0.392 e. The van der Waals surface area contributed by atoms with Gasteiger partial charge in [0, 0.05) is 24.7 Å². The smallest absolute Gasteiger partial charge is 0.250 e. The van der Waals surface area contributed by atoms with Crippen molar-refractivity contribution in [2.24, 2.45) is 0 Å². The number of hydroxylamine groups is 2. The number of β-amino-alcohol motifs (C(OH)–C–C–N with tert-alkyl or cyclic N) is 1. The van der Waals surface area contributed by atoms with Crippen molar-refractivity contribution >= 4 is 17.5 Å². The van der Waals surface area contributed by atoms with Crippen LogP contribution in [0, 0.1) is 0 Å². The molecule has 0 radical (unpaired) electrons. The van der Waals surface area contributed by atoms with E-state index < -0.39 is 6.04 Å². The van der Waals surface area contributed by atoms with E-state index in [1.54, 1.807) is 24.3 Å². The molecule has 0 aromatic heterocycles. The van der Waals surface area contributed by atoms with Gasteiger partial charge in [-0.2, -0.15) is 0 Å². The van der Waals surface area contributed by atoms with Crippen molar-refractivity contribution < 1.29 is 15.1 Å². The fourth-order valence-corrected chi connectivity index (χ4v) is 3.38. The predicted molar refractivity (Wildman–Crippen MR) is 100 cm³/mol. The third-order valence-corrected chi connectivity index (χ3v) is 4.93. The largest absolute Gasteiger partial charge is 0.392 e. The molecule has 0 aliphatic carbocycles. The maximum absolute atomic E-state index is 12.6. The Kier molecular flexibility index (Phi) is 6.27. The van der Waals surface area contributed by atoms with Gasteiger partial charge < -0.3 is 5.11 Å². The van der Waals surface area contributed by atoms with Gasteiger partial charge in [0.2, 0.25) is 0 Å². The summed E-state index contributed by atoms with van der Waals surface area (Å²) in [6, 6.07) is 16.0. The molecule has 0 saturated carbocycles. The number of hydrogen-bond donors (Lipinski definition) is 2. The highest BCUT2D eigenvalue weighted by molar-refractivity contribution is 6.30. The summed E-state index contributed by atoms with van der Waals surface area (Å²) in [5.41, 5.74) is 1.66. The van der Waals surface area contributed by atoms with E-state index >= 15 is 0 Å². The molecule has 2 N–H and O–H groups in total. The van der Waals surface area contributed by atoms with Crippen LogP contribution in [0.15, 0.2) is 54.6 Å². The summed E-state index contributed by atoms with van der Waals surface area (Å²) in [7, 11) is 0. The van der Waals surface area contributed by atoms with Crippen LogP contribution in [0.5, 0.6) is 0 Å². The van der Waals surface area contributed by atoms with Crippen LogP contribution >= 0.6 is 11.6 Å². The van der Waals surface area contributed by atoms with Crippen LogP contribution < -0.4 is 0 Å². The second-order valence-electron chi connectivity index (χ2n) is 6.67. The van der Waals surface area contributed by atoms with Crippen LogP contribution in [0.2, 0.25) is 5.02 Å². The molecule has 1 unspecified atom stereocenters. The molecule has 1 amide bonds. The van der Waals surface area contributed by atoms with Crippen LogP contribution in [0.3, 0.4) is 0 Å². The molecule has 5 nitrogen and oxygen atoms in total. The summed E-state index contributed by atoms with van der Waals surface area (Å²) in [5.74, 6) is -0.374. The number of nitrogens with zero attached hydrogens (tertiary/aromatic N) is 2. The molecule has 3 rings (SSSR count). The number of carbonyl (C=O) groups is 1. The molecule has 26 heavy (non-hydrogen) atoms. The molecular weight excluding hydrogens is 352 g/mol. The zero-order valence-electron chi connectivity index (χ0n) is 14.5. The van der Waals surface area contributed by atoms with Gasteiger partial charge in [-0.1, -0.05) is 54.1 Å². The minimum atomic E-state index is -0.485. The van der Waals surface area contributed by atoms with Crippen molar-refractivity contribution in [1.29, 1.82) is 0 Å². The molecule has 2 aromatic rings. The van der Waals surface area contributed by atoms with E-state index in [-0.39, 0.29) is 18.4 Å². The number of likely N-dealkylation sites (tertiary alicyclic amines) is 1. The van der Waals surface area contributed by atoms with Gasteiger partial charge in [0.25, 0.3) is 5.91 Å². The van der Waals surface area contributed by atoms with Gasteiger partial charge in [-0.15, -0.1) is 0 Å². The molecule has 1 aliphatic rings. The van der Waals surface area contributed by atoms with Gasteiger partial charge in [-0.3, -0.25) is 14.9 Å². The van der Waals surface area contributed by atoms with Crippen LogP contribution in [-0.4, -0.2) is 51.9 Å². The van der Waals surface area contributed by atoms with Gasteiger partial charge in [-0.05, 0) is 29.7 Å². The summed E-state index contributed by atoms with van der Waals surface area (Å²) in [4.78, 5) is 14.7. The third kappa shape index (κ3) is 4.83. The lowest BCUT2D eigenvalue weighted by atomic mass is 10.0. The van der Waals surface area contributed by atoms with Crippen LogP contribution in [0.4, 0.5) is 0 Å². The molecule has 0 bridgehead atoms. The van der Waals surface area contributed by atoms with Gasteiger partial charge in [0.15, 0.2) is 0 Å². The molecule has 1 heterocycles. The van der Waals surface area contributed by atoms with E-state index in [1.807, 2.05) is 30.3 Å². The Morgan fingerprint density at radius 1 is 1.19 bits per heavy atom. The lowest BCUT2D eigenvalue weighted by Crippen LogP contribution is -2.40. The van der Waals surface area contributed by atoms with Crippen molar-refractivity contribution in [3.05, 3.63) is 70.7 Å². The Morgan fingerprint density at radius 3 is 2.50 bits per heavy atom.